The minimum Gasteiger partial charge on any atom is -0.387 e. The van der Waals surface area contributed by atoms with Crippen molar-refractivity contribution in [1.29, 1.82) is 0 Å². The van der Waals surface area contributed by atoms with Crippen LogP contribution in [0, 0.1) is 13.8 Å². The first kappa shape index (κ1) is 16.4. The predicted molar refractivity (Wildman–Crippen MR) is 89.0 cm³/mol. The summed E-state index contributed by atoms with van der Waals surface area (Å²) < 4.78 is 1.51. The lowest BCUT2D eigenvalue weighted by Crippen LogP contribution is -2.29. The number of fused-ring (bicyclic) bond motifs is 1. The Kier molecular flexibility index (Phi) is 4.46. The van der Waals surface area contributed by atoms with Gasteiger partial charge in [-0.2, -0.15) is 4.98 Å². The smallest absolute Gasteiger partial charge is 0.291 e. The van der Waals surface area contributed by atoms with E-state index in [4.69, 9.17) is 11.6 Å². The molecule has 0 saturated heterocycles. The van der Waals surface area contributed by atoms with Gasteiger partial charge in [0.1, 0.15) is 0 Å². The van der Waals surface area contributed by atoms with Crippen molar-refractivity contribution in [2.24, 2.45) is 0 Å². The molecular formula is C16H16ClN5O2. The number of aryl methyl sites for hydroxylation is 2. The van der Waals surface area contributed by atoms with Crippen molar-refractivity contribution in [1.82, 2.24) is 24.9 Å². The highest BCUT2D eigenvalue weighted by atomic mass is 35.5. The van der Waals surface area contributed by atoms with Gasteiger partial charge in [-0.3, -0.25) is 4.79 Å². The number of nitrogens with one attached hydrogen (secondary N) is 1. The maximum atomic E-state index is 12.2. The molecule has 0 aliphatic rings. The fourth-order valence-electron chi connectivity index (χ4n) is 2.39. The lowest BCUT2D eigenvalue weighted by atomic mass is 10.1. The number of aliphatic hydroxyl groups excluding tert-OH is 1. The number of hydrogen-bond donors (Lipinski definition) is 2. The van der Waals surface area contributed by atoms with Crippen LogP contribution in [-0.2, 0) is 0 Å². The predicted octanol–water partition coefficient (Wildman–Crippen LogP) is 1.86. The van der Waals surface area contributed by atoms with Crippen LogP contribution in [0.1, 0.15) is 33.7 Å². The number of halogens is 1. The maximum absolute atomic E-state index is 12.2. The quantitative estimate of drug-likeness (QED) is 0.753. The highest BCUT2D eigenvalue weighted by Gasteiger charge is 2.17. The van der Waals surface area contributed by atoms with Gasteiger partial charge in [-0.05, 0) is 26.0 Å². The zero-order chi connectivity index (χ0) is 17.3. The Hall–Kier alpha value is -2.51. The van der Waals surface area contributed by atoms with E-state index in [-0.39, 0.29) is 12.4 Å². The number of hydrogen-bond acceptors (Lipinski definition) is 5. The summed E-state index contributed by atoms with van der Waals surface area (Å²) in [4.78, 5) is 20.6. The average Bonchev–Trinajstić information content (AvgIpc) is 2.97. The van der Waals surface area contributed by atoms with Crippen molar-refractivity contribution in [3.05, 3.63) is 58.1 Å². The van der Waals surface area contributed by atoms with E-state index in [1.54, 1.807) is 24.3 Å². The van der Waals surface area contributed by atoms with Gasteiger partial charge in [0, 0.05) is 28.5 Å². The SMILES string of the molecule is Cc1cc(C)n2nc(C(=O)NCC(O)c3ccccc3Cl)nc2n1. The van der Waals surface area contributed by atoms with Gasteiger partial charge in [-0.25, -0.2) is 9.50 Å². The van der Waals surface area contributed by atoms with Gasteiger partial charge in [0.25, 0.3) is 11.7 Å². The molecule has 1 atom stereocenters. The first-order chi connectivity index (χ1) is 11.5. The van der Waals surface area contributed by atoms with Gasteiger partial charge in [0.05, 0.1) is 6.10 Å². The van der Waals surface area contributed by atoms with Gasteiger partial charge < -0.3 is 10.4 Å². The van der Waals surface area contributed by atoms with Crippen LogP contribution in [0.15, 0.2) is 30.3 Å². The molecule has 7 nitrogen and oxygen atoms in total. The van der Waals surface area contributed by atoms with E-state index in [0.717, 1.165) is 11.4 Å². The third-order valence-corrected chi connectivity index (χ3v) is 3.89. The second-order valence-electron chi connectivity index (χ2n) is 5.43. The Morgan fingerprint density at radius 3 is 2.83 bits per heavy atom. The summed E-state index contributed by atoms with van der Waals surface area (Å²) in [7, 11) is 0. The monoisotopic (exact) mass is 345 g/mol. The molecular weight excluding hydrogens is 330 g/mol. The number of amides is 1. The Morgan fingerprint density at radius 1 is 1.33 bits per heavy atom. The molecule has 1 aromatic carbocycles. The number of aliphatic hydroxyl groups is 1. The van der Waals surface area contributed by atoms with Gasteiger partial charge in [0.2, 0.25) is 5.82 Å². The summed E-state index contributed by atoms with van der Waals surface area (Å²) in [6.07, 6.45) is -0.915. The number of carbonyl (C=O) groups is 1. The molecule has 124 valence electrons. The van der Waals surface area contributed by atoms with Crippen LogP contribution in [0.3, 0.4) is 0 Å². The Labute approximate surface area is 143 Å². The van der Waals surface area contributed by atoms with Gasteiger partial charge >= 0.3 is 0 Å². The van der Waals surface area contributed by atoms with Crippen molar-refractivity contribution >= 4 is 23.3 Å². The summed E-state index contributed by atoms with van der Waals surface area (Å²) in [6, 6.07) is 8.78. The van der Waals surface area contributed by atoms with E-state index in [1.807, 2.05) is 19.9 Å². The molecule has 1 unspecified atom stereocenters. The fourth-order valence-corrected chi connectivity index (χ4v) is 2.65. The molecule has 0 saturated carbocycles. The lowest BCUT2D eigenvalue weighted by molar-refractivity contribution is 0.0906. The van der Waals surface area contributed by atoms with Crippen molar-refractivity contribution in [2.75, 3.05) is 6.54 Å². The van der Waals surface area contributed by atoms with Crippen LogP contribution in [0.2, 0.25) is 5.02 Å². The molecule has 2 N–H and O–H groups in total. The van der Waals surface area contributed by atoms with E-state index in [2.05, 4.69) is 20.4 Å². The van der Waals surface area contributed by atoms with Crippen LogP contribution >= 0.6 is 11.6 Å². The van der Waals surface area contributed by atoms with Gasteiger partial charge in [-0.15, -0.1) is 5.10 Å². The molecule has 2 heterocycles. The third kappa shape index (κ3) is 3.22. The second-order valence-corrected chi connectivity index (χ2v) is 5.84. The summed E-state index contributed by atoms with van der Waals surface area (Å²) >= 11 is 6.03. The van der Waals surface area contributed by atoms with Crippen LogP contribution in [0.5, 0.6) is 0 Å². The zero-order valence-electron chi connectivity index (χ0n) is 13.2. The topological polar surface area (TPSA) is 92.4 Å². The first-order valence-corrected chi connectivity index (χ1v) is 7.75. The fraction of sp³-hybridized carbons (Fsp3) is 0.250. The number of rotatable bonds is 4. The van der Waals surface area contributed by atoms with Crippen LogP contribution in [0.4, 0.5) is 0 Å². The van der Waals surface area contributed by atoms with Crippen molar-refractivity contribution in [3.63, 3.8) is 0 Å². The third-order valence-electron chi connectivity index (χ3n) is 3.54. The molecule has 8 heteroatoms. The summed E-state index contributed by atoms with van der Waals surface area (Å²) in [5.41, 5.74) is 2.18. The lowest BCUT2D eigenvalue weighted by Gasteiger charge is -2.12. The molecule has 0 radical (unpaired) electrons. The van der Waals surface area contributed by atoms with Crippen LogP contribution in [0.25, 0.3) is 5.78 Å². The molecule has 1 amide bonds. The normalized spacial score (nSPS) is 12.3. The number of carbonyl (C=O) groups excluding carboxylic acids is 1. The zero-order valence-corrected chi connectivity index (χ0v) is 13.9. The molecule has 0 aliphatic heterocycles. The van der Waals surface area contributed by atoms with Crippen molar-refractivity contribution < 1.29 is 9.90 Å². The Morgan fingerprint density at radius 2 is 2.08 bits per heavy atom. The molecule has 24 heavy (non-hydrogen) atoms. The van der Waals surface area contributed by atoms with Crippen LogP contribution < -0.4 is 5.32 Å². The van der Waals surface area contributed by atoms with Crippen molar-refractivity contribution in [2.45, 2.75) is 20.0 Å². The highest BCUT2D eigenvalue weighted by molar-refractivity contribution is 6.31. The molecule has 0 spiro atoms. The van der Waals surface area contributed by atoms with E-state index < -0.39 is 12.0 Å². The number of benzene rings is 1. The molecule has 3 aromatic rings. The highest BCUT2D eigenvalue weighted by Crippen LogP contribution is 2.21. The van der Waals surface area contributed by atoms with E-state index in [0.29, 0.717) is 16.4 Å². The number of nitrogens with zero attached hydrogens (tertiary/aromatic N) is 4. The van der Waals surface area contributed by atoms with E-state index >= 15 is 0 Å². The first-order valence-electron chi connectivity index (χ1n) is 7.37. The molecule has 0 fully saturated rings. The Bertz CT molecular complexity index is 909. The maximum Gasteiger partial charge on any atom is 0.291 e. The summed E-state index contributed by atoms with van der Waals surface area (Å²) in [5.74, 6) is -0.115. The summed E-state index contributed by atoms with van der Waals surface area (Å²) in [5, 5.41) is 17.4. The van der Waals surface area contributed by atoms with E-state index in [9.17, 15) is 9.90 Å². The number of aromatic nitrogens is 4. The molecule has 3 rings (SSSR count). The second kappa shape index (κ2) is 6.54. The Balaban J connectivity index is 1.73. The largest absolute Gasteiger partial charge is 0.387 e. The minimum atomic E-state index is -0.915. The van der Waals surface area contributed by atoms with Crippen LogP contribution in [-0.4, -0.2) is 37.1 Å². The standard InChI is InChI=1S/C16H16ClN5O2/c1-9-7-10(2)22-16(19-9)20-14(21-22)15(24)18-8-13(23)11-5-3-4-6-12(11)17/h3-7,13,23H,8H2,1-2H3,(H,18,24). The van der Waals surface area contributed by atoms with Gasteiger partial charge in [0.15, 0.2) is 0 Å². The molecule has 0 aliphatic carbocycles. The molecule has 2 aromatic heterocycles. The van der Waals surface area contributed by atoms with Gasteiger partial charge in [-0.1, -0.05) is 29.8 Å². The average molecular weight is 346 g/mol. The van der Waals surface area contributed by atoms with E-state index in [1.165, 1.54) is 4.52 Å². The summed E-state index contributed by atoms with van der Waals surface area (Å²) in [6.45, 7) is 3.71. The minimum absolute atomic E-state index is 0.00237. The van der Waals surface area contributed by atoms with Crippen molar-refractivity contribution in [3.8, 4) is 0 Å². The molecule has 0 bridgehead atoms.